The van der Waals surface area contributed by atoms with E-state index >= 15 is 0 Å². The van der Waals surface area contributed by atoms with Crippen LogP contribution >= 0.6 is 0 Å². The summed E-state index contributed by atoms with van der Waals surface area (Å²) in [5.74, 6) is 3.20. The number of amides is 1. The number of carbonyl (C=O) groups is 1. The fraction of sp³-hybridized carbons (Fsp3) is 0.517. The zero-order valence-corrected chi connectivity index (χ0v) is 20.8. The van der Waals surface area contributed by atoms with E-state index in [4.69, 9.17) is 9.72 Å². The Bertz CT molecular complexity index is 1070. The Morgan fingerprint density at radius 2 is 1.82 bits per heavy atom. The second kappa shape index (κ2) is 12.0. The molecule has 4 rings (SSSR count). The number of nitrogens with one attached hydrogen (secondary N) is 1. The smallest absolute Gasteiger partial charge is 0.223 e. The summed E-state index contributed by atoms with van der Waals surface area (Å²) in [7, 11) is 0. The summed E-state index contributed by atoms with van der Waals surface area (Å²) >= 11 is 0. The lowest BCUT2D eigenvalue weighted by Gasteiger charge is -2.14. The average molecular weight is 462 g/mol. The van der Waals surface area contributed by atoms with Crippen LogP contribution in [-0.2, 0) is 17.8 Å². The minimum atomic E-state index is 0.249. The maximum Gasteiger partial charge on any atom is 0.223 e. The summed E-state index contributed by atoms with van der Waals surface area (Å²) in [4.78, 5) is 16.7. The standard InChI is InChI=1S/C29H39N3O2/c1-22(2)24-12-5-8-15-27(24)34-21-11-10-20-32-26-14-7-6-13-25(26)31-28(32)16-4-3-9-19-30-29(33)23-17-18-23/h5-8,12-15,22-23H,3-4,9-11,16-21H2,1-2H3,(H,30,33). The van der Waals surface area contributed by atoms with Crippen LogP contribution in [0.4, 0.5) is 0 Å². The van der Waals surface area contributed by atoms with Crippen LogP contribution in [0.15, 0.2) is 48.5 Å². The summed E-state index contributed by atoms with van der Waals surface area (Å²) in [6.45, 7) is 6.91. The van der Waals surface area contributed by atoms with Gasteiger partial charge >= 0.3 is 0 Å². The number of hydrogen-bond acceptors (Lipinski definition) is 3. The number of ether oxygens (including phenoxy) is 1. The number of nitrogens with zero attached hydrogens (tertiary/aromatic N) is 2. The van der Waals surface area contributed by atoms with Crippen molar-refractivity contribution in [1.82, 2.24) is 14.9 Å². The molecule has 5 heteroatoms. The van der Waals surface area contributed by atoms with Crippen LogP contribution in [0.2, 0.25) is 0 Å². The minimum absolute atomic E-state index is 0.249. The van der Waals surface area contributed by atoms with Gasteiger partial charge in [-0.3, -0.25) is 4.79 Å². The van der Waals surface area contributed by atoms with Gasteiger partial charge in [0.15, 0.2) is 0 Å². The highest BCUT2D eigenvalue weighted by molar-refractivity contribution is 5.80. The number of fused-ring (bicyclic) bond motifs is 1. The molecular formula is C29H39N3O2. The number of unbranched alkanes of at least 4 members (excludes halogenated alkanes) is 3. The molecule has 0 bridgehead atoms. The van der Waals surface area contributed by atoms with Crippen LogP contribution in [0.5, 0.6) is 5.75 Å². The lowest BCUT2D eigenvalue weighted by molar-refractivity contribution is -0.122. The minimum Gasteiger partial charge on any atom is -0.493 e. The first-order chi connectivity index (χ1) is 16.6. The van der Waals surface area contributed by atoms with E-state index in [1.807, 2.05) is 6.07 Å². The maximum atomic E-state index is 11.7. The average Bonchev–Trinajstić information content (AvgIpc) is 3.64. The SMILES string of the molecule is CC(C)c1ccccc1OCCCCn1c(CCCCCNC(=O)C2CC2)nc2ccccc21. The fourth-order valence-corrected chi connectivity index (χ4v) is 4.50. The van der Waals surface area contributed by atoms with Crippen molar-refractivity contribution in [1.29, 1.82) is 0 Å². The first kappa shape index (κ1) is 24.3. The number of aryl methyl sites for hydroxylation is 2. The zero-order chi connectivity index (χ0) is 23.8. The highest BCUT2D eigenvalue weighted by atomic mass is 16.5. The maximum absolute atomic E-state index is 11.7. The Morgan fingerprint density at radius 3 is 2.65 bits per heavy atom. The highest BCUT2D eigenvalue weighted by Crippen LogP contribution is 2.28. The van der Waals surface area contributed by atoms with Crippen LogP contribution in [0.1, 0.15) is 76.1 Å². The Hall–Kier alpha value is -2.82. The number of benzene rings is 2. The molecule has 1 heterocycles. The van der Waals surface area contributed by atoms with Crippen molar-refractivity contribution in [3.8, 4) is 5.75 Å². The molecule has 1 amide bonds. The van der Waals surface area contributed by atoms with E-state index < -0.39 is 0 Å². The molecule has 0 radical (unpaired) electrons. The molecule has 1 aliphatic carbocycles. The molecule has 1 fully saturated rings. The molecule has 0 saturated heterocycles. The number of carbonyl (C=O) groups excluding carboxylic acids is 1. The van der Waals surface area contributed by atoms with E-state index in [1.54, 1.807) is 0 Å². The van der Waals surface area contributed by atoms with Gasteiger partial charge in [-0.1, -0.05) is 50.6 Å². The van der Waals surface area contributed by atoms with E-state index in [1.165, 1.54) is 16.9 Å². The van der Waals surface area contributed by atoms with E-state index in [0.29, 0.717) is 11.8 Å². The summed E-state index contributed by atoms with van der Waals surface area (Å²) < 4.78 is 8.51. The fourth-order valence-electron chi connectivity index (χ4n) is 4.50. The van der Waals surface area contributed by atoms with Crippen molar-refractivity contribution in [3.63, 3.8) is 0 Å². The number of aromatic nitrogens is 2. The molecule has 3 aromatic rings. The van der Waals surface area contributed by atoms with Gasteiger partial charge in [-0.25, -0.2) is 4.98 Å². The van der Waals surface area contributed by atoms with Gasteiger partial charge in [-0.15, -0.1) is 0 Å². The molecule has 182 valence electrons. The topological polar surface area (TPSA) is 56.1 Å². The van der Waals surface area contributed by atoms with Gasteiger partial charge in [-0.2, -0.15) is 0 Å². The predicted octanol–water partition coefficient (Wildman–Crippen LogP) is 6.26. The monoisotopic (exact) mass is 461 g/mol. The molecular weight excluding hydrogens is 422 g/mol. The highest BCUT2D eigenvalue weighted by Gasteiger charge is 2.28. The van der Waals surface area contributed by atoms with Gasteiger partial charge in [0.05, 0.1) is 17.6 Å². The molecule has 5 nitrogen and oxygen atoms in total. The van der Waals surface area contributed by atoms with E-state index in [-0.39, 0.29) is 5.91 Å². The van der Waals surface area contributed by atoms with Crippen molar-refractivity contribution < 1.29 is 9.53 Å². The van der Waals surface area contributed by atoms with Gasteiger partial charge < -0.3 is 14.6 Å². The lowest BCUT2D eigenvalue weighted by Crippen LogP contribution is -2.25. The molecule has 1 N–H and O–H groups in total. The first-order valence-electron chi connectivity index (χ1n) is 13.1. The van der Waals surface area contributed by atoms with Gasteiger partial charge in [0, 0.05) is 25.4 Å². The molecule has 1 aliphatic rings. The lowest BCUT2D eigenvalue weighted by atomic mass is 10.0. The van der Waals surface area contributed by atoms with Crippen LogP contribution < -0.4 is 10.1 Å². The molecule has 0 unspecified atom stereocenters. The Kier molecular flexibility index (Phi) is 8.62. The largest absolute Gasteiger partial charge is 0.493 e. The molecule has 0 spiro atoms. The van der Waals surface area contributed by atoms with Crippen molar-refractivity contribution in [2.24, 2.45) is 5.92 Å². The number of rotatable bonds is 14. The van der Waals surface area contributed by atoms with Crippen molar-refractivity contribution in [3.05, 3.63) is 59.9 Å². The van der Waals surface area contributed by atoms with Crippen LogP contribution in [-0.4, -0.2) is 28.6 Å². The number of hydrogen-bond donors (Lipinski definition) is 1. The van der Waals surface area contributed by atoms with Gasteiger partial charge in [0.25, 0.3) is 0 Å². The third-order valence-corrected chi connectivity index (χ3v) is 6.63. The number of para-hydroxylation sites is 3. The van der Waals surface area contributed by atoms with E-state index in [9.17, 15) is 4.79 Å². The van der Waals surface area contributed by atoms with Crippen LogP contribution in [0.25, 0.3) is 11.0 Å². The molecule has 0 aliphatic heterocycles. The van der Waals surface area contributed by atoms with Crippen LogP contribution in [0.3, 0.4) is 0 Å². The third-order valence-electron chi connectivity index (χ3n) is 6.63. The van der Waals surface area contributed by atoms with Gasteiger partial charge in [-0.05, 0) is 68.2 Å². The van der Waals surface area contributed by atoms with Crippen molar-refractivity contribution in [2.75, 3.05) is 13.2 Å². The quantitative estimate of drug-likeness (QED) is 0.288. The summed E-state index contributed by atoms with van der Waals surface area (Å²) in [6.07, 6.45) is 8.43. The van der Waals surface area contributed by atoms with E-state index in [2.05, 4.69) is 66.2 Å². The van der Waals surface area contributed by atoms with Gasteiger partial charge in [0.1, 0.15) is 11.6 Å². The Labute approximate surface area is 203 Å². The molecule has 34 heavy (non-hydrogen) atoms. The summed E-state index contributed by atoms with van der Waals surface area (Å²) in [6, 6.07) is 16.8. The predicted molar refractivity (Wildman–Crippen MR) is 138 cm³/mol. The summed E-state index contributed by atoms with van der Waals surface area (Å²) in [5, 5.41) is 3.07. The van der Waals surface area contributed by atoms with E-state index in [0.717, 1.165) is 82.3 Å². The second-order valence-electron chi connectivity index (χ2n) is 9.79. The summed E-state index contributed by atoms with van der Waals surface area (Å²) in [5.41, 5.74) is 3.58. The molecule has 2 aromatic carbocycles. The molecule has 0 atom stereocenters. The zero-order valence-electron chi connectivity index (χ0n) is 20.8. The van der Waals surface area contributed by atoms with Crippen molar-refractivity contribution >= 4 is 16.9 Å². The molecule has 1 aromatic heterocycles. The normalized spacial score (nSPS) is 13.5. The molecule has 1 saturated carbocycles. The van der Waals surface area contributed by atoms with Crippen molar-refractivity contribution in [2.45, 2.75) is 77.7 Å². The Balaban J connectivity index is 1.24. The first-order valence-corrected chi connectivity index (χ1v) is 13.1. The number of imidazole rings is 1. The second-order valence-corrected chi connectivity index (χ2v) is 9.79. The third kappa shape index (κ3) is 6.62. The van der Waals surface area contributed by atoms with Crippen LogP contribution in [0, 0.1) is 5.92 Å². The Morgan fingerprint density at radius 1 is 1.03 bits per heavy atom. The van der Waals surface area contributed by atoms with Gasteiger partial charge in [0.2, 0.25) is 5.91 Å².